The normalized spacial score (nSPS) is 11.9. The molecule has 33 heavy (non-hydrogen) atoms. The monoisotopic (exact) mass is 455 g/mol. The van der Waals surface area contributed by atoms with Crippen LogP contribution >= 0.6 is 0 Å². The van der Waals surface area contributed by atoms with Crippen molar-refractivity contribution in [3.63, 3.8) is 0 Å². The topological polar surface area (TPSA) is 117 Å². The summed E-state index contributed by atoms with van der Waals surface area (Å²) in [5, 5.41) is 20.1. The van der Waals surface area contributed by atoms with E-state index in [0.717, 1.165) is 29.0 Å². The zero-order valence-corrected chi connectivity index (χ0v) is 17.9. The van der Waals surface area contributed by atoms with Crippen molar-refractivity contribution in [1.29, 1.82) is 0 Å². The van der Waals surface area contributed by atoms with Gasteiger partial charge in [0, 0.05) is 23.6 Å². The van der Waals surface area contributed by atoms with Gasteiger partial charge in [-0.15, -0.1) is 10.2 Å². The van der Waals surface area contributed by atoms with Crippen LogP contribution in [-0.2, 0) is 11.7 Å². The van der Waals surface area contributed by atoms with Gasteiger partial charge in [-0.05, 0) is 62.2 Å². The van der Waals surface area contributed by atoms with Crippen LogP contribution in [0.2, 0.25) is 0 Å². The highest BCUT2D eigenvalue weighted by Gasteiger charge is 2.32. The van der Waals surface area contributed by atoms with Crippen molar-refractivity contribution in [3.05, 3.63) is 65.9 Å². The molecule has 0 amide bonds. The first kappa shape index (κ1) is 22.1. The number of alkyl halides is 3. The van der Waals surface area contributed by atoms with Gasteiger partial charge >= 0.3 is 6.18 Å². The number of hydrogen-bond donors (Lipinski definition) is 3. The average molecular weight is 455 g/mol. The highest BCUT2D eigenvalue weighted by molar-refractivity contribution is 5.71. The van der Waals surface area contributed by atoms with Gasteiger partial charge in [0.2, 0.25) is 5.95 Å². The van der Waals surface area contributed by atoms with Gasteiger partial charge in [-0.2, -0.15) is 18.4 Å². The van der Waals surface area contributed by atoms with Crippen LogP contribution in [0.3, 0.4) is 0 Å². The van der Waals surface area contributed by atoms with E-state index in [4.69, 9.17) is 0 Å². The molecule has 12 heteroatoms. The third kappa shape index (κ3) is 5.22. The molecule has 3 aromatic heterocycles. The van der Waals surface area contributed by atoms with Crippen LogP contribution in [0, 0.1) is 6.92 Å². The number of aromatic nitrogens is 7. The number of rotatable bonds is 6. The van der Waals surface area contributed by atoms with Crippen LogP contribution < -0.4 is 10.6 Å². The van der Waals surface area contributed by atoms with Gasteiger partial charge in [0.1, 0.15) is 11.5 Å². The summed E-state index contributed by atoms with van der Waals surface area (Å²) in [5.41, 5.74) is 1.53. The van der Waals surface area contributed by atoms with Gasteiger partial charge in [-0.25, -0.2) is 15.0 Å². The second-order valence-corrected chi connectivity index (χ2v) is 7.89. The number of hydrogen-bond acceptors (Lipinski definition) is 8. The van der Waals surface area contributed by atoms with Crippen LogP contribution in [0.5, 0.6) is 0 Å². The van der Waals surface area contributed by atoms with Crippen molar-refractivity contribution < 1.29 is 13.2 Å². The summed E-state index contributed by atoms with van der Waals surface area (Å²) in [7, 11) is 0. The minimum Gasteiger partial charge on any atom is -0.358 e. The number of anilines is 3. The number of tetrazole rings is 1. The minimum atomic E-state index is -4.54. The van der Waals surface area contributed by atoms with Crippen molar-refractivity contribution in [1.82, 2.24) is 35.6 Å². The van der Waals surface area contributed by atoms with E-state index in [1.54, 1.807) is 18.3 Å². The van der Waals surface area contributed by atoms with Crippen LogP contribution in [-0.4, -0.2) is 35.6 Å². The molecule has 0 atom stereocenters. The highest BCUT2D eigenvalue weighted by Crippen LogP contribution is 2.30. The summed E-state index contributed by atoms with van der Waals surface area (Å²) in [6, 6.07) is 10.1. The summed E-state index contributed by atoms with van der Waals surface area (Å²) in [6.07, 6.45) is -1.77. The lowest BCUT2D eigenvalue weighted by Gasteiger charge is -2.23. The molecule has 0 saturated carbocycles. The van der Waals surface area contributed by atoms with Crippen molar-refractivity contribution in [2.75, 3.05) is 10.6 Å². The van der Waals surface area contributed by atoms with Crippen LogP contribution in [0.4, 0.5) is 30.6 Å². The summed E-state index contributed by atoms with van der Waals surface area (Å²) >= 11 is 0. The molecule has 0 aliphatic heterocycles. The van der Waals surface area contributed by atoms with Gasteiger partial charge in [-0.3, -0.25) is 0 Å². The quantitative estimate of drug-likeness (QED) is 0.390. The zero-order chi connectivity index (χ0) is 23.6. The van der Waals surface area contributed by atoms with E-state index in [2.05, 4.69) is 46.2 Å². The molecule has 9 nitrogen and oxygen atoms in total. The molecule has 0 spiro atoms. The van der Waals surface area contributed by atoms with E-state index in [1.807, 2.05) is 39.0 Å². The predicted molar refractivity (Wildman–Crippen MR) is 116 cm³/mol. The molecule has 0 unspecified atom stereocenters. The molecule has 0 radical (unpaired) electrons. The lowest BCUT2D eigenvalue weighted by atomic mass is 10.0. The molecule has 4 rings (SSSR count). The number of H-pyrrole nitrogens is 1. The van der Waals surface area contributed by atoms with Gasteiger partial charge in [0.25, 0.3) is 0 Å². The molecular formula is C21H20F3N9. The number of nitrogens with zero attached hydrogens (tertiary/aromatic N) is 6. The fraction of sp³-hybridized carbons (Fsp3) is 0.238. The first-order chi connectivity index (χ1) is 15.6. The summed E-state index contributed by atoms with van der Waals surface area (Å²) in [5.74, 6) is 0.985. The Balaban J connectivity index is 1.54. The summed E-state index contributed by atoms with van der Waals surface area (Å²) in [6.45, 7) is 5.70. The summed E-state index contributed by atoms with van der Waals surface area (Å²) < 4.78 is 38.8. The van der Waals surface area contributed by atoms with Crippen LogP contribution in [0.25, 0.3) is 11.1 Å². The van der Waals surface area contributed by atoms with E-state index in [-0.39, 0.29) is 5.95 Å². The molecule has 1 aromatic carbocycles. The Kier molecular flexibility index (Phi) is 5.66. The number of halogens is 3. The molecule has 170 valence electrons. The van der Waals surface area contributed by atoms with E-state index in [9.17, 15) is 13.2 Å². The number of aromatic amines is 1. The molecule has 0 fully saturated rings. The van der Waals surface area contributed by atoms with E-state index in [0.29, 0.717) is 17.3 Å². The predicted octanol–water partition coefficient (Wildman–Crippen LogP) is 4.47. The van der Waals surface area contributed by atoms with Crippen molar-refractivity contribution in [2.24, 2.45) is 0 Å². The maximum Gasteiger partial charge on any atom is 0.433 e. The molecule has 4 aromatic rings. The Hall–Kier alpha value is -4.09. The number of benzene rings is 1. The molecule has 0 aliphatic carbocycles. The zero-order valence-electron chi connectivity index (χ0n) is 17.9. The lowest BCUT2D eigenvalue weighted by Crippen LogP contribution is -2.30. The first-order valence-electron chi connectivity index (χ1n) is 9.88. The smallest absolute Gasteiger partial charge is 0.358 e. The molecule has 3 heterocycles. The maximum atomic E-state index is 12.9. The standard InChI is InChI=1S/C21H20F3N9/c1-12-8-14(10-15(9-12)27-19-25-7-6-16(28-19)21(22,23)24)13-4-5-17(26-11-13)29-20(2,3)18-30-32-33-31-18/h4-11H,1-3H3,(H,26,29)(H,25,27,28)(H,30,31,32,33). The molecule has 3 N–H and O–H groups in total. The second kappa shape index (κ2) is 8.45. The van der Waals surface area contributed by atoms with E-state index >= 15 is 0 Å². The Morgan fingerprint density at radius 3 is 2.45 bits per heavy atom. The number of nitrogens with one attached hydrogen (secondary N) is 3. The fourth-order valence-electron chi connectivity index (χ4n) is 3.17. The van der Waals surface area contributed by atoms with E-state index in [1.165, 1.54) is 0 Å². The second-order valence-electron chi connectivity index (χ2n) is 7.89. The van der Waals surface area contributed by atoms with Gasteiger partial charge in [-0.1, -0.05) is 11.3 Å². The highest BCUT2D eigenvalue weighted by atomic mass is 19.4. The minimum absolute atomic E-state index is 0.136. The maximum absolute atomic E-state index is 12.9. The van der Waals surface area contributed by atoms with Gasteiger partial charge in [0.05, 0.1) is 5.54 Å². The molecule has 0 saturated heterocycles. The molecular weight excluding hydrogens is 435 g/mol. The largest absolute Gasteiger partial charge is 0.433 e. The van der Waals surface area contributed by atoms with Crippen LogP contribution in [0.1, 0.15) is 30.9 Å². The van der Waals surface area contributed by atoms with E-state index < -0.39 is 17.4 Å². The van der Waals surface area contributed by atoms with Gasteiger partial charge in [0.15, 0.2) is 5.82 Å². The fourth-order valence-corrected chi connectivity index (χ4v) is 3.17. The Labute approximate surface area is 186 Å². The molecule has 0 bridgehead atoms. The third-order valence-electron chi connectivity index (χ3n) is 4.72. The third-order valence-corrected chi connectivity index (χ3v) is 4.72. The van der Waals surface area contributed by atoms with Crippen molar-refractivity contribution in [3.8, 4) is 11.1 Å². The Bertz CT molecular complexity index is 1240. The van der Waals surface area contributed by atoms with Crippen molar-refractivity contribution in [2.45, 2.75) is 32.5 Å². The van der Waals surface area contributed by atoms with Crippen LogP contribution in [0.15, 0.2) is 48.8 Å². The van der Waals surface area contributed by atoms with Gasteiger partial charge < -0.3 is 10.6 Å². The Morgan fingerprint density at radius 2 is 1.79 bits per heavy atom. The molecule has 0 aliphatic rings. The number of pyridine rings is 1. The Morgan fingerprint density at radius 1 is 0.970 bits per heavy atom. The SMILES string of the molecule is Cc1cc(Nc2nccc(C(F)(F)F)n2)cc(-c2ccc(NC(C)(C)c3nn[nH]n3)nc2)c1. The number of aryl methyl sites for hydroxylation is 1. The first-order valence-corrected chi connectivity index (χ1v) is 9.88. The summed E-state index contributed by atoms with van der Waals surface area (Å²) in [4.78, 5) is 11.9. The van der Waals surface area contributed by atoms with Crippen molar-refractivity contribution >= 4 is 17.5 Å². The average Bonchev–Trinajstić information content (AvgIpc) is 3.29. The lowest BCUT2D eigenvalue weighted by molar-refractivity contribution is -0.141.